The molecule has 6 heteroatoms. The highest BCUT2D eigenvalue weighted by atomic mass is 16.6. The molecule has 0 N–H and O–H groups in total. The largest absolute Gasteiger partial charge is 0.445 e. The molecule has 2 heterocycles. The molecule has 1 spiro atoms. The molecule has 0 unspecified atom stereocenters. The Kier molecular flexibility index (Phi) is 6.32. The van der Waals surface area contributed by atoms with E-state index < -0.39 is 0 Å². The van der Waals surface area contributed by atoms with E-state index in [2.05, 4.69) is 11.0 Å². The average molecular weight is 405 g/mol. The number of hydrogen-bond acceptors (Lipinski definition) is 5. The van der Waals surface area contributed by atoms with Gasteiger partial charge >= 0.3 is 6.09 Å². The molecule has 0 aliphatic carbocycles. The number of carbonyl (C=O) groups is 1. The van der Waals surface area contributed by atoms with Crippen LogP contribution in [0.2, 0.25) is 0 Å². The summed E-state index contributed by atoms with van der Waals surface area (Å²) in [4.78, 5) is 16.6. The maximum atomic E-state index is 12.4. The predicted octanol–water partition coefficient (Wildman–Crippen LogP) is 3.56. The van der Waals surface area contributed by atoms with Crippen LogP contribution in [0.3, 0.4) is 0 Å². The summed E-state index contributed by atoms with van der Waals surface area (Å²) in [6, 6.07) is 19.7. The molecule has 0 aromatic heterocycles. The van der Waals surface area contributed by atoms with Crippen molar-refractivity contribution in [2.24, 2.45) is 0 Å². The molecule has 6 nitrogen and oxygen atoms in total. The zero-order chi connectivity index (χ0) is 20.8. The van der Waals surface area contributed by atoms with Gasteiger partial charge in [-0.1, -0.05) is 42.5 Å². The van der Waals surface area contributed by atoms with Crippen molar-refractivity contribution in [1.82, 2.24) is 9.80 Å². The van der Waals surface area contributed by atoms with E-state index in [0.29, 0.717) is 31.9 Å². The van der Waals surface area contributed by atoms with Gasteiger partial charge in [-0.05, 0) is 36.1 Å². The summed E-state index contributed by atoms with van der Waals surface area (Å²) in [7, 11) is 0. The highest BCUT2D eigenvalue weighted by Gasteiger charge is 2.40. The third-order valence-electron chi connectivity index (χ3n) is 5.95. The van der Waals surface area contributed by atoms with Gasteiger partial charge in [-0.15, -0.1) is 0 Å². The third kappa shape index (κ3) is 4.99. The lowest BCUT2D eigenvalue weighted by molar-refractivity contribution is -0.135. The summed E-state index contributed by atoms with van der Waals surface area (Å²) >= 11 is 0. The van der Waals surface area contributed by atoms with E-state index in [-0.39, 0.29) is 11.7 Å². The molecule has 2 fully saturated rings. The molecule has 2 saturated heterocycles. The third-order valence-corrected chi connectivity index (χ3v) is 5.95. The Bertz CT molecular complexity index is 884. The Morgan fingerprint density at radius 1 is 1.03 bits per heavy atom. The van der Waals surface area contributed by atoms with E-state index in [9.17, 15) is 4.79 Å². The minimum Gasteiger partial charge on any atom is -0.445 e. The highest BCUT2D eigenvalue weighted by Crippen LogP contribution is 2.31. The maximum absolute atomic E-state index is 12.4. The zero-order valence-electron chi connectivity index (χ0n) is 17.1. The number of benzene rings is 2. The van der Waals surface area contributed by atoms with E-state index in [4.69, 9.17) is 14.7 Å². The van der Waals surface area contributed by atoms with Gasteiger partial charge in [0.1, 0.15) is 6.61 Å². The molecule has 2 aromatic carbocycles. The number of rotatable bonds is 4. The molecule has 4 rings (SSSR count). The highest BCUT2D eigenvalue weighted by molar-refractivity contribution is 5.67. The first-order chi connectivity index (χ1) is 14.7. The SMILES string of the molecule is N#Cc1ccc(CN2CCOC3(CCN(C(=O)OCc4ccccc4)CC3)C2)cc1. The summed E-state index contributed by atoms with van der Waals surface area (Å²) in [5.74, 6) is 0. The number of hydrogen-bond donors (Lipinski definition) is 0. The van der Waals surface area contributed by atoms with Crippen molar-refractivity contribution < 1.29 is 14.3 Å². The van der Waals surface area contributed by atoms with E-state index in [0.717, 1.165) is 38.0 Å². The Morgan fingerprint density at radius 2 is 1.77 bits per heavy atom. The van der Waals surface area contributed by atoms with Crippen molar-refractivity contribution in [1.29, 1.82) is 5.26 Å². The quantitative estimate of drug-likeness (QED) is 0.778. The lowest BCUT2D eigenvalue weighted by Crippen LogP contribution is -2.57. The molecular formula is C24H27N3O3. The van der Waals surface area contributed by atoms with E-state index in [1.807, 2.05) is 54.6 Å². The van der Waals surface area contributed by atoms with Gasteiger partial charge < -0.3 is 14.4 Å². The molecule has 0 saturated carbocycles. The molecule has 2 aliphatic rings. The van der Waals surface area contributed by atoms with Gasteiger partial charge in [0.05, 0.1) is 23.8 Å². The summed E-state index contributed by atoms with van der Waals surface area (Å²) in [5, 5.41) is 8.95. The first-order valence-electron chi connectivity index (χ1n) is 10.5. The summed E-state index contributed by atoms with van der Waals surface area (Å²) in [6.45, 7) is 4.91. The number of piperidine rings is 1. The van der Waals surface area contributed by atoms with Crippen LogP contribution in [0.5, 0.6) is 0 Å². The fraction of sp³-hybridized carbons (Fsp3) is 0.417. The predicted molar refractivity (Wildman–Crippen MR) is 113 cm³/mol. The standard InChI is InChI=1S/C24H27N3O3/c25-16-20-6-8-21(9-7-20)17-26-14-15-30-24(19-26)10-12-27(13-11-24)23(28)29-18-22-4-2-1-3-5-22/h1-9H,10-15,17-19H2. The van der Waals surface area contributed by atoms with Crippen molar-refractivity contribution in [3.05, 3.63) is 71.3 Å². The van der Waals surface area contributed by atoms with Crippen LogP contribution in [0.15, 0.2) is 54.6 Å². The summed E-state index contributed by atoms with van der Waals surface area (Å²) in [5.41, 5.74) is 2.69. The van der Waals surface area contributed by atoms with Gasteiger partial charge in [-0.25, -0.2) is 4.79 Å². The number of carbonyl (C=O) groups excluding carboxylic acids is 1. The van der Waals surface area contributed by atoms with Crippen LogP contribution in [0.1, 0.15) is 29.5 Å². The Balaban J connectivity index is 1.27. The number of nitriles is 1. The molecule has 2 aliphatic heterocycles. The van der Waals surface area contributed by atoms with Crippen molar-refractivity contribution >= 4 is 6.09 Å². The van der Waals surface area contributed by atoms with Gasteiger partial charge in [0.25, 0.3) is 0 Å². The van der Waals surface area contributed by atoms with E-state index in [1.165, 1.54) is 5.56 Å². The summed E-state index contributed by atoms with van der Waals surface area (Å²) < 4.78 is 11.7. The van der Waals surface area contributed by atoms with Crippen LogP contribution >= 0.6 is 0 Å². The van der Waals surface area contributed by atoms with Crippen LogP contribution in [-0.4, -0.2) is 54.3 Å². The molecule has 0 radical (unpaired) electrons. The van der Waals surface area contributed by atoms with Crippen molar-refractivity contribution in [2.75, 3.05) is 32.8 Å². The van der Waals surface area contributed by atoms with Crippen molar-refractivity contribution in [3.8, 4) is 6.07 Å². The number of ether oxygens (including phenoxy) is 2. The molecule has 156 valence electrons. The van der Waals surface area contributed by atoms with Crippen LogP contribution in [0, 0.1) is 11.3 Å². The fourth-order valence-electron chi connectivity index (χ4n) is 4.21. The van der Waals surface area contributed by atoms with E-state index in [1.54, 1.807) is 4.90 Å². The molecule has 30 heavy (non-hydrogen) atoms. The number of morpholine rings is 1. The Hall–Kier alpha value is -2.88. The number of nitrogens with zero attached hydrogens (tertiary/aromatic N) is 3. The second-order valence-electron chi connectivity index (χ2n) is 8.08. The molecular weight excluding hydrogens is 378 g/mol. The van der Waals surface area contributed by atoms with Crippen LogP contribution in [-0.2, 0) is 22.6 Å². The lowest BCUT2D eigenvalue weighted by atomic mass is 9.89. The van der Waals surface area contributed by atoms with Gasteiger partial charge in [0.2, 0.25) is 0 Å². The normalized spacial score (nSPS) is 18.7. The van der Waals surface area contributed by atoms with Gasteiger partial charge in [0, 0.05) is 32.7 Å². The van der Waals surface area contributed by atoms with Gasteiger partial charge in [0.15, 0.2) is 0 Å². The second kappa shape index (κ2) is 9.29. The van der Waals surface area contributed by atoms with Crippen LogP contribution in [0.4, 0.5) is 4.79 Å². The molecule has 2 aromatic rings. The van der Waals surface area contributed by atoms with Crippen molar-refractivity contribution in [3.63, 3.8) is 0 Å². The molecule has 1 amide bonds. The second-order valence-corrected chi connectivity index (χ2v) is 8.08. The smallest absolute Gasteiger partial charge is 0.410 e. The molecule has 0 bridgehead atoms. The topological polar surface area (TPSA) is 65.8 Å². The van der Waals surface area contributed by atoms with E-state index >= 15 is 0 Å². The summed E-state index contributed by atoms with van der Waals surface area (Å²) in [6.07, 6.45) is 1.38. The van der Waals surface area contributed by atoms with Gasteiger partial charge in [-0.2, -0.15) is 5.26 Å². The Morgan fingerprint density at radius 3 is 2.47 bits per heavy atom. The monoisotopic (exact) mass is 405 g/mol. The molecule has 0 atom stereocenters. The van der Waals surface area contributed by atoms with Gasteiger partial charge in [-0.3, -0.25) is 4.90 Å². The Labute approximate surface area is 177 Å². The maximum Gasteiger partial charge on any atom is 0.410 e. The van der Waals surface area contributed by atoms with Crippen LogP contribution in [0.25, 0.3) is 0 Å². The minimum atomic E-state index is -0.251. The first-order valence-corrected chi connectivity index (χ1v) is 10.5. The van der Waals surface area contributed by atoms with Crippen LogP contribution < -0.4 is 0 Å². The number of likely N-dealkylation sites (tertiary alicyclic amines) is 1. The fourth-order valence-corrected chi connectivity index (χ4v) is 4.21. The zero-order valence-corrected chi connectivity index (χ0v) is 17.1. The number of amides is 1. The first kappa shape index (κ1) is 20.4. The van der Waals surface area contributed by atoms with Crippen molar-refractivity contribution in [2.45, 2.75) is 31.6 Å². The lowest BCUT2D eigenvalue weighted by Gasteiger charge is -2.47. The average Bonchev–Trinajstić information content (AvgIpc) is 2.79. The minimum absolute atomic E-state index is 0.193.